The summed E-state index contributed by atoms with van der Waals surface area (Å²) in [6.45, 7) is 1.88. The van der Waals surface area contributed by atoms with Crippen molar-refractivity contribution in [2.24, 2.45) is 0 Å². The summed E-state index contributed by atoms with van der Waals surface area (Å²) in [6.07, 6.45) is 3.17. The van der Waals surface area contributed by atoms with Crippen molar-refractivity contribution in [3.8, 4) is 11.4 Å². The van der Waals surface area contributed by atoms with Crippen LogP contribution >= 0.6 is 0 Å². The average molecular weight is 369 g/mol. The number of carboxylic acids is 1. The molecule has 0 aliphatic heterocycles. The molecule has 3 rings (SSSR count). The van der Waals surface area contributed by atoms with Gasteiger partial charge in [0, 0.05) is 12.8 Å². The topological polar surface area (TPSA) is 118 Å². The molecule has 1 unspecified atom stereocenters. The molecule has 0 radical (unpaired) electrons. The van der Waals surface area contributed by atoms with Crippen molar-refractivity contribution in [2.75, 3.05) is 0 Å². The Balaban J connectivity index is 1.61. The second-order valence-electron chi connectivity index (χ2n) is 6.10. The molecule has 0 spiro atoms. The Morgan fingerprint density at radius 3 is 2.78 bits per heavy atom. The molecule has 8 heteroatoms. The fraction of sp³-hybridized carbons (Fsp3) is 0.263. The van der Waals surface area contributed by atoms with Gasteiger partial charge in [0.1, 0.15) is 6.26 Å². The van der Waals surface area contributed by atoms with E-state index in [2.05, 4.69) is 15.5 Å². The molecular formula is C19H19N3O5. The Hall–Kier alpha value is -3.42. The number of carboxylic acid groups (broad SMARTS) is 1. The number of carbonyl (C=O) groups is 2. The highest BCUT2D eigenvalue weighted by Crippen LogP contribution is 2.21. The van der Waals surface area contributed by atoms with E-state index in [0.717, 1.165) is 11.1 Å². The fourth-order valence-corrected chi connectivity index (χ4v) is 2.74. The van der Waals surface area contributed by atoms with E-state index in [0.29, 0.717) is 17.3 Å². The number of aromatic nitrogens is 2. The van der Waals surface area contributed by atoms with Gasteiger partial charge in [-0.1, -0.05) is 29.4 Å². The third kappa shape index (κ3) is 4.81. The summed E-state index contributed by atoms with van der Waals surface area (Å²) >= 11 is 0. The molecule has 0 saturated carbocycles. The molecule has 0 aliphatic carbocycles. The van der Waals surface area contributed by atoms with Gasteiger partial charge in [0.05, 0.1) is 24.3 Å². The second-order valence-corrected chi connectivity index (χ2v) is 6.10. The minimum absolute atomic E-state index is 0.106. The first-order valence-corrected chi connectivity index (χ1v) is 8.45. The van der Waals surface area contributed by atoms with Gasteiger partial charge in [0.25, 0.3) is 0 Å². The summed E-state index contributed by atoms with van der Waals surface area (Å²) in [5, 5.41) is 15.8. The van der Waals surface area contributed by atoms with E-state index in [-0.39, 0.29) is 25.2 Å². The van der Waals surface area contributed by atoms with Crippen LogP contribution in [0.25, 0.3) is 11.4 Å². The number of hydrogen-bond acceptors (Lipinski definition) is 6. The number of benzene rings is 1. The third-order valence-corrected chi connectivity index (χ3v) is 4.09. The highest BCUT2D eigenvalue weighted by atomic mass is 16.5. The normalized spacial score (nSPS) is 11.9. The summed E-state index contributed by atoms with van der Waals surface area (Å²) in [6, 6.07) is 8.50. The van der Waals surface area contributed by atoms with Crippen molar-refractivity contribution in [2.45, 2.75) is 32.2 Å². The van der Waals surface area contributed by atoms with Gasteiger partial charge >= 0.3 is 5.97 Å². The zero-order chi connectivity index (χ0) is 19.2. The van der Waals surface area contributed by atoms with Crippen molar-refractivity contribution < 1.29 is 23.6 Å². The quantitative estimate of drug-likeness (QED) is 0.626. The number of aliphatic carboxylic acids is 1. The number of nitrogens with zero attached hydrogens (tertiary/aromatic N) is 2. The van der Waals surface area contributed by atoms with E-state index in [4.69, 9.17) is 14.0 Å². The Kier molecular flexibility index (Phi) is 5.65. The molecule has 2 N–H and O–H groups in total. The lowest BCUT2D eigenvalue weighted by Gasteiger charge is -2.19. The fourth-order valence-electron chi connectivity index (χ4n) is 2.74. The monoisotopic (exact) mass is 369 g/mol. The van der Waals surface area contributed by atoms with E-state index in [1.165, 1.54) is 12.5 Å². The Bertz CT molecular complexity index is 917. The molecular weight excluding hydrogens is 350 g/mol. The maximum atomic E-state index is 12.3. The van der Waals surface area contributed by atoms with Gasteiger partial charge in [0.15, 0.2) is 0 Å². The summed E-state index contributed by atoms with van der Waals surface area (Å²) in [7, 11) is 0. The minimum atomic E-state index is -0.981. The lowest BCUT2D eigenvalue weighted by atomic mass is 9.98. The van der Waals surface area contributed by atoms with Crippen LogP contribution in [0.5, 0.6) is 0 Å². The molecule has 2 heterocycles. The molecule has 1 atom stereocenters. The first kappa shape index (κ1) is 18.4. The number of furan rings is 1. The zero-order valence-electron chi connectivity index (χ0n) is 14.7. The predicted molar refractivity (Wildman–Crippen MR) is 94.6 cm³/mol. The number of nitrogens with one attached hydrogen (secondary N) is 1. The van der Waals surface area contributed by atoms with Gasteiger partial charge in [0.2, 0.25) is 17.6 Å². The van der Waals surface area contributed by atoms with Crippen LogP contribution in [0.1, 0.15) is 35.9 Å². The van der Waals surface area contributed by atoms with Gasteiger partial charge in [-0.3, -0.25) is 9.59 Å². The first-order chi connectivity index (χ1) is 13.0. The van der Waals surface area contributed by atoms with E-state index >= 15 is 0 Å². The Morgan fingerprint density at radius 2 is 2.07 bits per heavy atom. The number of hydrogen-bond donors (Lipinski definition) is 2. The molecule has 3 aromatic rings. The molecule has 27 heavy (non-hydrogen) atoms. The van der Waals surface area contributed by atoms with E-state index < -0.39 is 12.0 Å². The van der Waals surface area contributed by atoms with E-state index in [1.807, 2.05) is 31.2 Å². The van der Waals surface area contributed by atoms with Crippen molar-refractivity contribution in [3.63, 3.8) is 0 Å². The van der Waals surface area contributed by atoms with Gasteiger partial charge in [-0.2, -0.15) is 4.98 Å². The predicted octanol–water partition coefficient (Wildman–Crippen LogP) is 2.90. The highest BCUT2D eigenvalue weighted by molar-refractivity contribution is 5.78. The molecule has 1 aromatic carbocycles. The van der Waals surface area contributed by atoms with E-state index in [9.17, 15) is 9.59 Å². The summed E-state index contributed by atoms with van der Waals surface area (Å²) in [5.74, 6) is -0.548. The standard InChI is InChI=1S/C19H19N3O5/c1-12-4-2-3-5-14(12)15(10-18(24)25)20-16(23)6-7-17-21-19(22-27-17)13-8-9-26-11-13/h2-5,8-9,11,15H,6-7,10H2,1H3,(H,20,23)(H,24,25). The number of aryl methyl sites for hydroxylation is 2. The summed E-state index contributed by atoms with van der Waals surface area (Å²) < 4.78 is 10.1. The molecule has 2 aromatic heterocycles. The number of amides is 1. The van der Waals surface area contributed by atoms with Crippen molar-refractivity contribution in [1.82, 2.24) is 15.5 Å². The van der Waals surface area contributed by atoms with Gasteiger partial charge in [-0.25, -0.2) is 0 Å². The smallest absolute Gasteiger partial charge is 0.305 e. The van der Waals surface area contributed by atoms with Gasteiger partial charge in [-0.05, 0) is 24.1 Å². The van der Waals surface area contributed by atoms with Crippen LogP contribution in [-0.2, 0) is 16.0 Å². The molecule has 8 nitrogen and oxygen atoms in total. The van der Waals surface area contributed by atoms with E-state index in [1.54, 1.807) is 6.07 Å². The number of carbonyl (C=O) groups excluding carboxylic acids is 1. The highest BCUT2D eigenvalue weighted by Gasteiger charge is 2.20. The Morgan fingerprint density at radius 1 is 1.26 bits per heavy atom. The van der Waals surface area contributed by atoms with Crippen LogP contribution in [0.3, 0.4) is 0 Å². The number of rotatable bonds is 8. The zero-order valence-corrected chi connectivity index (χ0v) is 14.7. The van der Waals surface area contributed by atoms with Crippen molar-refractivity contribution in [1.29, 1.82) is 0 Å². The van der Waals surface area contributed by atoms with Crippen LogP contribution < -0.4 is 5.32 Å². The molecule has 0 saturated heterocycles. The molecule has 0 bridgehead atoms. The van der Waals surface area contributed by atoms with Crippen LogP contribution in [0, 0.1) is 6.92 Å². The van der Waals surface area contributed by atoms with Gasteiger partial charge in [-0.15, -0.1) is 0 Å². The lowest BCUT2D eigenvalue weighted by Crippen LogP contribution is -2.30. The third-order valence-electron chi connectivity index (χ3n) is 4.09. The first-order valence-electron chi connectivity index (χ1n) is 8.45. The average Bonchev–Trinajstić information content (AvgIpc) is 3.31. The van der Waals surface area contributed by atoms with Gasteiger partial charge < -0.3 is 19.4 Å². The maximum absolute atomic E-state index is 12.3. The molecule has 140 valence electrons. The molecule has 0 fully saturated rings. The van der Waals surface area contributed by atoms with Crippen molar-refractivity contribution in [3.05, 3.63) is 59.9 Å². The Labute approximate surface area is 155 Å². The van der Waals surface area contributed by atoms with Crippen LogP contribution in [0.2, 0.25) is 0 Å². The van der Waals surface area contributed by atoms with Crippen LogP contribution in [0.4, 0.5) is 0 Å². The lowest BCUT2D eigenvalue weighted by molar-refractivity contribution is -0.137. The minimum Gasteiger partial charge on any atom is -0.481 e. The SMILES string of the molecule is Cc1ccccc1C(CC(=O)O)NC(=O)CCc1nc(-c2ccoc2)no1. The summed E-state index contributed by atoms with van der Waals surface area (Å²) in [5.41, 5.74) is 2.40. The second kappa shape index (κ2) is 8.31. The largest absolute Gasteiger partial charge is 0.481 e. The maximum Gasteiger partial charge on any atom is 0.305 e. The summed E-state index contributed by atoms with van der Waals surface area (Å²) in [4.78, 5) is 27.7. The van der Waals surface area contributed by atoms with Crippen molar-refractivity contribution >= 4 is 11.9 Å². The molecule has 0 aliphatic rings. The van der Waals surface area contributed by atoms with Crippen LogP contribution in [-0.4, -0.2) is 27.1 Å². The molecule has 1 amide bonds. The van der Waals surface area contributed by atoms with Crippen LogP contribution in [0.15, 0.2) is 51.8 Å².